The fraction of sp³-hybridized carbons (Fsp3) is 1.00. The van der Waals surface area contributed by atoms with Crippen LogP contribution in [-0.2, 0) is 9.57 Å². The number of nitrogens with zero attached hydrogens (tertiary/aromatic N) is 1. The largest absolute Gasteiger partial charge is 0.354 e. The Morgan fingerprint density at radius 2 is 2.25 bits per heavy atom. The van der Waals surface area contributed by atoms with Gasteiger partial charge in [0.25, 0.3) is 0 Å². The highest BCUT2D eigenvalue weighted by atomic mass is 16.8. The lowest BCUT2D eigenvalue weighted by molar-refractivity contribution is -0.156. The minimum atomic E-state index is -0.213. The molecule has 0 aromatic heterocycles. The van der Waals surface area contributed by atoms with E-state index < -0.39 is 0 Å². The first-order valence-electron chi connectivity index (χ1n) is 2.66. The predicted octanol–water partition coefficient (Wildman–Crippen LogP) is 0.535. The van der Waals surface area contributed by atoms with Gasteiger partial charge in [0, 0.05) is 13.7 Å². The van der Waals surface area contributed by atoms with Gasteiger partial charge in [-0.15, -0.1) is 0 Å². The highest BCUT2D eigenvalue weighted by molar-refractivity contribution is 4.22. The van der Waals surface area contributed by atoms with E-state index in [-0.39, 0.29) is 6.29 Å². The minimum Gasteiger partial charge on any atom is -0.354 e. The Labute approximate surface area is 49.9 Å². The van der Waals surface area contributed by atoms with E-state index >= 15 is 0 Å². The van der Waals surface area contributed by atoms with Gasteiger partial charge in [0.05, 0.1) is 0 Å². The van der Waals surface area contributed by atoms with Crippen molar-refractivity contribution in [1.82, 2.24) is 5.48 Å². The molecule has 0 N–H and O–H groups in total. The molecule has 0 aliphatic heterocycles. The Morgan fingerprint density at radius 3 is 2.62 bits per heavy atom. The average Bonchev–Trinajstić information content (AvgIpc) is 1.83. The first kappa shape index (κ1) is 7.88. The minimum absolute atomic E-state index is 0.213. The van der Waals surface area contributed by atoms with Gasteiger partial charge in [-0.3, -0.25) is 4.84 Å². The summed E-state index contributed by atoms with van der Waals surface area (Å²) >= 11 is 0. The van der Waals surface area contributed by atoms with Gasteiger partial charge in [-0.25, -0.2) is 0 Å². The molecule has 0 fully saturated rings. The summed E-state index contributed by atoms with van der Waals surface area (Å²) in [4.78, 5) is 4.74. The molecule has 1 radical (unpaired) electrons. The van der Waals surface area contributed by atoms with E-state index in [4.69, 9.17) is 9.57 Å². The highest BCUT2D eigenvalue weighted by Gasteiger charge is 1.95. The SMILES string of the molecule is CC[N]OC(C)OC. The summed E-state index contributed by atoms with van der Waals surface area (Å²) in [5.74, 6) is 0. The molecule has 49 valence electrons. The molecular formula is C5H12NO2. The smallest absolute Gasteiger partial charge is 0.176 e. The Balaban J connectivity index is 2.86. The normalized spacial score (nSPS) is 13.9. The van der Waals surface area contributed by atoms with Crippen LogP contribution in [0, 0.1) is 0 Å². The number of ether oxygens (including phenoxy) is 1. The quantitative estimate of drug-likeness (QED) is 0.398. The lowest BCUT2D eigenvalue weighted by Gasteiger charge is -2.06. The summed E-state index contributed by atoms with van der Waals surface area (Å²) in [6, 6.07) is 0. The van der Waals surface area contributed by atoms with Crippen molar-refractivity contribution in [3.8, 4) is 0 Å². The maximum absolute atomic E-state index is 4.74. The summed E-state index contributed by atoms with van der Waals surface area (Å²) in [5, 5.41) is 0. The molecule has 8 heavy (non-hydrogen) atoms. The van der Waals surface area contributed by atoms with E-state index in [1.165, 1.54) is 0 Å². The summed E-state index contributed by atoms with van der Waals surface area (Å²) in [6.45, 7) is 4.37. The Bertz CT molecular complexity index is 49.7. The fourth-order valence-electron chi connectivity index (χ4n) is 0.223. The molecule has 0 heterocycles. The maximum Gasteiger partial charge on any atom is 0.176 e. The molecule has 0 aromatic carbocycles. The van der Waals surface area contributed by atoms with Crippen LogP contribution >= 0.6 is 0 Å². The second kappa shape index (κ2) is 5.03. The van der Waals surface area contributed by atoms with Crippen molar-refractivity contribution >= 4 is 0 Å². The second-order valence-corrected chi connectivity index (χ2v) is 1.35. The van der Waals surface area contributed by atoms with Crippen molar-refractivity contribution in [2.75, 3.05) is 13.7 Å². The van der Waals surface area contributed by atoms with Crippen molar-refractivity contribution in [1.29, 1.82) is 0 Å². The van der Waals surface area contributed by atoms with Gasteiger partial charge in [0.15, 0.2) is 6.29 Å². The third kappa shape index (κ3) is 4.05. The van der Waals surface area contributed by atoms with Crippen LogP contribution in [0.3, 0.4) is 0 Å². The molecule has 0 amide bonds. The molecule has 0 aliphatic carbocycles. The average molecular weight is 118 g/mol. The van der Waals surface area contributed by atoms with Crippen LogP contribution in [0.2, 0.25) is 0 Å². The molecule has 0 rings (SSSR count). The summed E-state index contributed by atoms with van der Waals surface area (Å²) < 4.78 is 4.74. The number of hydroxylamine groups is 1. The third-order valence-electron chi connectivity index (χ3n) is 0.684. The Morgan fingerprint density at radius 1 is 1.62 bits per heavy atom. The van der Waals surface area contributed by atoms with Crippen LogP contribution in [0.5, 0.6) is 0 Å². The van der Waals surface area contributed by atoms with Crippen LogP contribution in [-0.4, -0.2) is 19.9 Å². The number of hydrogen-bond donors (Lipinski definition) is 0. The number of methoxy groups -OCH3 is 1. The molecule has 0 spiro atoms. The molecular weight excluding hydrogens is 106 g/mol. The zero-order valence-electron chi connectivity index (χ0n) is 5.55. The second-order valence-electron chi connectivity index (χ2n) is 1.35. The Hall–Kier alpha value is -0.120. The van der Waals surface area contributed by atoms with E-state index in [9.17, 15) is 0 Å². The zero-order chi connectivity index (χ0) is 6.41. The van der Waals surface area contributed by atoms with E-state index in [0.717, 1.165) is 0 Å². The lowest BCUT2D eigenvalue weighted by Crippen LogP contribution is -2.16. The summed E-state index contributed by atoms with van der Waals surface area (Å²) in [7, 11) is 1.58. The van der Waals surface area contributed by atoms with E-state index in [1.54, 1.807) is 14.0 Å². The van der Waals surface area contributed by atoms with Gasteiger partial charge in [0.1, 0.15) is 0 Å². The molecule has 0 aliphatic rings. The van der Waals surface area contributed by atoms with Gasteiger partial charge >= 0.3 is 0 Å². The summed E-state index contributed by atoms with van der Waals surface area (Å²) in [6.07, 6.45) is -0.213. The van der Waals surface area contributed by atoms with Gasteiger partial charge in [-0.05, 0) is 13.8 Å². The molecule has 0 aromatic rings. The maximum atomic E-state index is 4.74. The molecule has 1 unspecified atom stereocenters. The van der Waals surface area contributed by atoms with Crippen LogP contribution < -0.4 is 5.48 Å². The van der Waals surface area contributed by atoms with Gasteiger partial charge in [0.2, 0.25) is 0 Å². The van der Waals surface area contributed by atoms with Crippen molar-refractivity contribution < 1.29 is 9.57 Å². The third-order valence-corrected chi connectivity index (χ3v) is 0.684. The first-order valence-corrected chi connectivity index (χ1v) is 2.66. The Kier molecular flexibility index (Phi) is 4.95. The van der Waals surface area contributed by atoms with Gasteiger partial charge in [-0.1, -0.05) is 5.48 Å². The van der Waals surface area contributed by atoms with E-state index in [2.05, 4.69) is 5.48 Å². The summed E-state index contributed by atoms with van der Waals surface area (Å²) in [5.41, 5.74) is 3.62. The first-order chi connectivity index (χ1) is 3.81. The van der Waals surface area contributed by atoms with Crippen LogP contribution in [0.4, 0.5) is 0 Å². The van der Waals surface area contributed by atoms with Crippen molar-refractivity contribution in [2.45, 2.75) is 20.1 Å². The predicted molar refractivity (Wildman–Crippen MR) is 30.2 cm³/mol. The van der Waals surface area contributed by atoms with Crippen LogP contribution in [0.1, 0.15) is 13.8 Å². The van der Waals surface area contributed by atoms with Crippen molar-refractivity contribution in [3.63, 3.8) is 0 Å². The molecule has 0 bridgehead atoms. The monoisotopic (exact) mass is 118 g/mol. The van der Waals surface area contributed by atoms with E-state index in [0.29, 0.717) is 6.54 Å². The standard InChI is InChI=1S/C5H12NO2/c1-4-6-8-5(2)7-3/h5H,4H2,1-3H3. The fourth-order valence-corrected chi connectivity index (χ4v) is 0.223. The van der Waals surface area contributed by atoms with E-state index in [1.807, 2.05) is 6.92 Å². The van der Waals surface area contributed by atoms with Crippen LogP contribution in [0.15, 0.2) is 0 Å². The molecule has 3 nitrogen and oxygen atoms in total. The topological polar surface area (TPSA) is 32.6 Å². The van der Waals surface area contributed by atoms with Crippen LogP contribution in [0.25, 0.3) is 0 Å². The molecule has 0 saturated carbocycles. The van der Waals surface area contributed by atoms with Gasteiger partial charge in [-0.2, -0.15) is 0 Å². The zero-order valence-corrected chi connectivity index (χ0v) is 5.55. The lowest BCUT2D eigenvalue weighted by atomic mass is 10.8. The highest BCUT2D eigenvalue weighted by Crippen LogP contribution is 1.85. The van der Waals surface area contributed by atoms with Crippen molar-refractivity contribution in [3.05, 3.63) is 0 Å². The van der Waals surface area contributed by atoms with Gasteiger partial charge < -0.3 is 4.74 Å². The molecule has 0 saturated heterocycles. The number of rotatable bonds is 4. The molecule has 3 heteroatoms. The molecule has 1 atom stereocenters. The number of hydrogen-bond acceptors (Lipinski definition) is 2. The van der Waals surface area contributed by atoms with Crippen molar-refractivity contribution in [2.24, 2.45) is 0 Å².